The molecular formula is C20H14FN5O3. The topological polar surface area (TPSA) is 103 Å². The highest BCUT2D eigenvalue weighted by atomic mass is 19.1. The van der Waals surface area contributed by atoms with Crippen LogP contribution in [0.4, 0.5) is 21.6 Å². The molecule has 4 rings (SSSR count). The van der Waals surface area contributed by atoms with E-state index in [4.69, 9.17) is 4.74 Å². The summed E-state index contributed by atoms with van der Waals surface area (Å²) < 4.78 is 19.4. The van der Waals surface area contributed by atoms with Crippen LogP contribution in [0, 0.1) is 16.2 Å². The van der Waals surface area contributed by atoms with Crippen LogP contribution in [0.1, 0.15) is 5.69 Å². The summed E-state index contributed by atoms with van der Waals surface area (Å²) in [7, 11) is 0. The zero-order chi connectivity index (χ0) is 20.2. The van der Waals surface area contributed by atoms with Gasteiger partial charge in [0.25, 0.3) is 5.69 Å². The van der Waals surface area contributed by atoms with Crippen molar-refractivity contribution in [3.63, 3.8) is 0 Å². The molecular weight excluding hydrogens is 377 g/mol. The molecule has 144 valence electrons. The third-order valence-corrected chi connectivity index (χ3v) is 4.09. The van der Waals surface area contributed by atoms with Gasteiger partial charge < -0.3 is 10.1 Å². The molecule has 9 heteroatoms. The first-order valence-corrected chi connectivity index (χ1v) is 8.60. The lowest BCUT2D eigenvalue weighted by Gasteiger charge is -2.10. The van der Waals surface area contributed by atoms with Crippen molar-refractivity contribution in [3.05, 3.63) is 88.7 Å². The lowest BCUT2D eigenvalue weighted by atomic mass is 10.2. The van der Waals surface area contributed by atoms with Crippen molar-refractivity contribution in [1.29, 1.82) is 0 Å². The number of non-ortho nitro benzene ring substituents is 1. The largest absolute Gasteiger partial charge is 0.487 e. The number of halogens is 1. The molecule has 2 heterocycles. The average molecular weight is 391 g/mol. The summed E-state index contributed by atoms with van der Waals surface area (Å²) in [6, 6.07) is 16.5. The van der Waals surface area contributed by atoms with E-state index < -0.39 is 11.0 Å². The predicted octanol–water partition coefficient (Wildman–Crippen LogP) is 4.39. The Labute approximate surface area is 164 Å². The molecule has 0 saturated heterocycles. The van der Waals surface area contributed by atoms with Crippen LogP contribution in [0.15, 0.2) is 66.9 Å². The van der Waals surface area contributed by atoms with Gasteiger partial charge in [-0.3, -0.25) is 15.1 Å². The van der Waals surface area contributed by atoms with Crippen molar-refractivity contribution in [2.45, 2.75) is 6.61 Å². The van der Waals surface area contributed by atoms with Crippen LogP contribution < -0.4 is 10.1 Å². The number of fused-ring (bicyclic) bond motifs is 1. The fourth-order valence-electron chi connectivity index (χ4n) is 2.71. The van der Waals surface area contributed by atoms with Crippen LogP contribution in [0.3, 0.4) is 0 Å². The third-order valence-electron chi connectivity index (χ3n) is 4.09. The van der Waals surface area contributed by atoms with Crippen molar-refractivity contribution in [2.24, 2.45) is 0 Å². The first-order chi connectivity index (χ1) is 14.1. The standard InChI is InChI=1S/C20H14FN5O3/c21-20-24-18-9-6-15(26(27)28)11-17(18)19(25-20)23-13-4-7-16(8-5-13)29-12-14-3-1-2-10-22-14/h1-11H,12H2,(H,23,24,25). The van der Waals surface area contributed by atoms with E-state index >= 15 is 0 Å². The molecule has 0 aliphatic carbocycles. The molecule has 2 aromatic heterocycles. The number of pyridine rings is 1. The Bertz CT molecular complexity index is 1170. The van der Waals surface area contributed by atoms with E-state index in [0.717, 1.165) is 5.69 Å². The predicted molar refractivity (Wildman–Crippen MR) is 104 cm³/mol. The van der Waals surface area contributed by atoms with Gasteiger partial charge >= 0.3 is 6.08 Å². The van der Waals surface area contributed by atoms with Crippen LogP contribution in [0.25, 0.3) is 10.9 Å². The third kappa shape index (κ3) is 4.24. The Kier molecular flexibility index (Phi) is 4.93. The van der Waals surface area contributed by atoms with Crippen LogP contribution in [-0.2, 0) is 6.61 Å². The van der Waals surface area contributed by atoms with Gasteiger partial charge in [0.1, 0.15) is 18.2 Å². The van der Waals surface area contributed by atoms with Crippen LogP contribution in [0.5, 0.6) is 5.75 Å². The second-order valence-corrected chi connectivity index (χ2v) is 6.06. The van der Waals surface area contributed by atoms with Gasteiger partial charge in [0, 0.05) is 24.0 Å². The Hall–Kier alpha value is -4.14. The number of nitrogens with one attached hydrogen (secondary N) is 1. The maximum atomic E-state index is 13.8. The fraction of sp³-hybridized carbons (Fsp3) is 0.0500. The Morgan fingerprint density at radius 1 is 1.07 bits per heavy atom. The van der Waals surface area contributed by atoms with Crippen molar-refractivity contribution in [1.82, 2.24) is 15.0 Å². The van der Waals surface area contributed by atoms with Crippen molar-refractivity contribution >= 4 is 28.1 Å². The Morgan fingerprint density at radius 2 is 1.90 bits per heavy atom. The van der Waals surface area contributed by atoms with E-state index in [1.54, 1.807) is 30.5 Å². The lowest BCUT2D eigenvalue weighted by molar-refractivity contribution is -0.384. The maximum absolute atomic E-state index is 13.8. The van der Waals surface area contributed by atoms with Crippen LogP contribution in [-0.4, -0.2) is 19.9 Å². The molecule has 0 atom stereocenters. The molecule has 29 heavy (non-hydrogen) atoms. The number of aromatic nitrogens is 3. The van der Waals surface area contributed by atoms with E-state index in [2.05, 4.69) is 20.3 Å². The number of anilines is 2. The van der Waals surface area contributed by atoms with Crippen molar-refractivity contribution < 1.29 is 14.1 Å². The molecule has 1 N–H and O–H groups in total. The SMILES string of the molecule is O=[N+]([O-])c1ccc2nc(F)nc(Nc3ccc(OCc4ccccn4)cc3)c2c1. The molecule has 0 radical (unpaired) electrons. The number of ether oxygens (including phenoxy) is 1. The minimum absolute atomic E-state index is 0.131. The summed E-state index contributed by atoms with van der Waals surface area (Å²) >= 11 is 0. The number of hydrogen-bond acceptors (Lipinski definition) is 7. The summed E-state index contributed by atoms with van der Waals surface area (Å²) in [6.07, 6.45) is 0.769. The molecule has 2 aromatic carbocycles. The Balaban J connectivity index is 1.55. The van der Waals surface area contributed by atoms with Crippen molar-refractivity contribution in [3.8, 4) is 5.75 Å². The van der Waals surface area contributed by atoms with Crippen molar-refractivity contribution in [2.75, 3.05) is 5.32 Å². The molecule has 0 spiro atoms. The van der Waals surface area contributed by atoms with Gasteiger partial charge in [-0.2, -0.15) is 9.37 Å². The second-order valence-electron chi connectivity index (χ2n) is 6.06. The molecule has 8 nitrogen and oxygen atoms in total. The summed E-state index contributed by atoms with van der Waals surface area (Å²) in [5.41, 5.74) is 1.55. The molecule has 0 aliphatic rings. The van der Waals surface area contributed by atoms with E-state index in [-0.39, 0.29) is 17.0 Å². The monoisotopic (exact) mass is 391 g/mol. The molecule has 0 fully saturated rings. The lowest BCUT2D eigenvalue weighted by Crippen LogP contribution is -2.01. The highest BCUT2D eigenvalue weighted by Gasteiger charge is 2.13. The first kappa shape index (κ1) is 18.2. The molecule has 4 aromatic rings. The molecule has 0 amide bonds. The van der Waals surface area contributed by atoms with E-state index in [1.807, 2.05) is 18.2 Å². The van der Waals surface area contributed by atoms with Crippen LogP contribution >= 0.6 is 0 Å². The smallest absolute Gasteiger partial charge is 0.311 e. The minimum atomic E-state index is -0.927. The average Bonchev–Trinajstić information content (AvgIpc) is 2.73. The van der Waals surface area contributed by atoms with Gasteiger partial charge in [0.15, 0.2) is 0 Å². The minimum Gasteiger partial charge on any atom is -0.487 e. The van der Waals surface area contributed by atoms with E-state index in [1.165, 1.54) is 18.2 Å². The molecule has 0 aliphatic heterocycles. The number of benzene rings is 2. The maximum Gasteiger partial charge on any atom is 0.311 e. The number of rotatable bonds is 6. The quantitative estimate of drug-likeness (QED) is 0.295. The molecule has 0 saturated carbocycles. The van der Waals surface area contributed by atoms with Gasteiger partial charge in [-0.25, -0.2) is 4.98 Å². The number of hydrogen-bond donors (Lipinski definition) is 1. The van der Waals surface area contributed by atoms with Gasteiger partial charge in [0.2, 0.25) is 0 Å². The second kappa shape index (κ2) is 7.85. The van der Waals surface area contributed by atoms with E-state index in [9.17, 15) is 14.5 Å². The Morgan fingerprint density at radius 3 is 2.62 bits per heavy atom. The summed E-state index contributed by atoms with van der Waals surface area (Å²) in [5.74, 6) is 0.772. The zero-order valence-corrected chi connectivity index (χ0v) is 14.9. The first-order valence-electron chi connectivity index (χ1n) is 8.60. The van der Waals surface area contributed by atoms with Gasteiger partial charge in [-0.15, -0.1) is 0 Å². The highest BCUT2D eigenvalue weighted by Crippen LogP contribution is 2.28. The number of nitro groups is 1. The van der Waals surface area contributed by atoms with Crippen LogP contribution in [0.2, 0.25) is 0 Å². The molecule has 0 unspecified atom stereocenters. The summed E-state index contributed by atoms with van der Waals surface area (Å²) in [4.78, 5) is 22.1. The summed E-state index contributed by atoms with van der Waals surface area (Å²) in [6.45, 7) is 0.332. The highest BCUT2D eigenvalue weighted by molar-refractivity contribution is 5.92. The summed E-state index contributed by atoms with van der Waals surface area (Å²) in [5, 5.41) is 14.4. The number of nitro benzene ring substituents is 1. The zero-order valence-electron chi connectivity index (χ0n) is 14.9. The number of nitrogens with zero attached hydrogens (tertiary/aromatic N) is 4. The van der Waals surface area contributed by atoms with E-state index in [0.29, 0.717) is 23.4 Å². The van der Waals surface area contributed by atoms with Gasteiger partial charge in [0.05, 0.1) is 21.5 Å². The van der Waals surface area contributed by atoms with Gasteiger partial charge in [-0.05, 0) is 42.5 Å². The van der Waals surface area contributed by atoms with Gasteiger partial charge in [-0.1, -0.05) is 6.07 Å². The molecule has 0 bridgehead atoms. The fourth-order valence-corrected chi connectivity index (χ4v) is 2.71. The normalized spacial score (nSPS) is 10.7.